The Morgan fingerprint density at radius 3 is 2.70 bits per heavy atom. The maximum absolute atomic E-state index is 11.5. The molecule has 0 aliphatic heterocycles. The van der Waals surface area contributed by atoms with Crippen molar-refractivity contribution in [3.63, 3.8) is 0 Å². The van der Waals surface area contributed by atoms with E-state index in [9.17, 15) is 9.59 Å². The second-order valence-electron chi connectivity index (χ2n) is 4.11. The number of ether oxygens (including phenoxy) is 3. The van der Waals surface area contributed by atoms with Crippen LogP contribution in [0, 0.1) is 0 Å². The number of esters is 2. The highest BCUT2D eigenvalue weighted by molar-refractivity contribution is 5.93. The predicted octanol–water partition coefficient (Wildman–Crippen LogP) is 1.78. The second-order valence-corrected chi connectivity index (χ2v) is 4.11. The maximum Gasteiger partial charge on any atom is 0.344 e. The Balaban J connectivity index is 2.64. The largest absolute Gasteiger partial charge is 0.481 e. The summed E-state index contributed by atoms with van der Waals surface area (Å²) < 4.78 is 14.9. The number of hydrogen-bond donors (Lipinski definition) is 1. The minimum atomic E-state index is -0.556. The molecule has 0 amide bonds. The van der Waals surface area contributed by atoms with Crippen molar-refractivity contribution in [3.05, 3.63) is 23.8 Å². The van der Waals surface area contributed by atoms with E-state index in [1.807, 2.05) is 6.92 Å². The van der Waals surface area contributed by atoms with E-state index in [2.05, 4.69) is 4.74 Å². The minimum Gasteiger partial charge on any atom is -0.481 e. The van der Waals surface area contributed by atoms with Crippen molar-refractivity contribution in [2.24, 2.45) is 0 Å². The standard InChI is InChI=1S/C14H19NO5/c1-3-4-7-19-13(16)9-20-12-8-10(15)5-6-11(12)14(17)18-2/h5-6,8H,3-4,7,9,15H2,1-2H3. The van der Waals surface area contributed by atoms with E-state index >= 15 is 0 Å². The van der Waals surface area contributed by atoms with Crippen LogP contribution in [0.3, 0.4) is 0 Å². The van der Waals surface area contributed by atoms with E-state index < -0.39 is 11.9 Å². The molecule has 6 nitrogen and oxygen atoms in total. The molecule has 1 aromatic carbocycles. The average Bonchev–Trinajstić information content (AvgIpc) is 2.44. The van der Waals surface area contributed by atoms with Gasteiger partial charge in [-0.1, -0.05) is 13.3 Å². The highest BCUT2D eigenvalue weighted by Gasteiger charge is 2.14. The van der Waals surface area contributed by atoms with Crippen LogP contribution in [0.4, 0.5) is 5.69 Å². The van der Waals surface area contributed by atoms with Crippen molar-refractivity contribution >= 4 is 17.6 Å². The van der Waals surface area contributed by atoms with Crippen LogP contribution < -0.4 is 10.5 Å². The Kier molecular flexibility index (Phi) is 6.36. The van der Waals surface area contributed by atoms with Gasteiger partial charge in [0.2, 0.25) is 0 Å². The first-order valence-electron chi connectivity index (χ1n) is 6.34. The van der Waals surface area contributed by atoms with Crippen molar-refractivity contribution in [1.82, 2.24) is 0 Å². The fraction of sp³-hybridized carbons (Fsp3) is 0.429. The zero-order valence-electron chi connectivity index (χ0n) is 11.7. The Hall–Kier alpha value is -2.24. The lowest BCUT2D eigenvalue weighted by Crippen LogP contribution is -2.17. The van der Waals surface area contributed by atoms with E-state index in [0.29, 0.717) is 12.3 Å². The molecule has 110 valence electrons. The van der Waals surface area contributed by atoms with Gasteiger partial charge < -0.3 is 19.9 Å². The second kappa shape index (κ2) is 8.04. The first-order valence-corrected chi connectivity index (χ1v) is 6.34. The molecular weight excluding hydrogens is 262 g/mol. The van der Waals surface area contributed by atoms with Crippen LogP contribution in [0.25, 0.3) is 0 Å². The molecule has 1 aromatic rings. The van der Waals surface area contributed by atoms with Gasteiger partial charge in [-0.15, -0.1) is 0 Å². The number of rotatable bonds is 7. The number of nitrogens with two attached hydrogens (primary N) is 1. The summed E-state index contributed by atoms with van der Waals surface area (Å²) >= 11 is 0. The van der Waals surface area contributed by atoms with E-state index in [4.69, 9.17) is 15.2 Å². The zero-order chi connectivity index (χ0) is 15.0. The van der Waals surface area contributed by atoms with Gasteiger partial charge in [0.1, 0.15) is 11.3 Å². The molecule has 0 saturated heterocycles. The molecule has 0 aliphatic rings. The highest BCUT2D eigenvalue weighted by atomic mass is 16.6. The molecule has 2 N–H and O–H groups in total. The SMILES string of the molecule is CCCCOC(=O)COc1cc(N)ccc1C(=O)OC. The molecule has 0 spiro atoms. The smallest absolute Gasteiger partial charge is 0.344 e. The lowest BCUT2D eigenvalue weighted by Gasteiger charge is -2.10. The van der Waals surface area contributed by atoms with Gasteiger partial charge in [0.15, 0.2) is 6.61 Å². The number of hydrogen-bond acceptors (Lipinski definition) is 6. The van der Waals surface area contributed by atoms with E-state index in [1.54, 1.807) is 6.07 Å². The Morgan fingerprint density at radius 2 is 2.05 bits per heavy atom. The van der Waals surface area contributed by atoms with E-state index in [-0.39, 0.29) is 17.9 Å². The summed E-state index contributed by atoms with van der Waals surface area (Å²) in [6.45, 7) is 2.08. The van der Waals surface area contributed by atoms with Crippen molar-refractivity contribution < 1.29 is 23.8 Å². The number of methoxy groups -OCH3 is 1. The van der Waals surface area contributed by atoms with Crippen LogP contribution in [0.2, 0.25) is 0 Å². The van der Waals surface area contributed by atoms with Crippen LogP contribution in [0.1, 0.15) is 30.1 Å². The number of nitrogen functional groups attached to an aromatic ring is 1. The average molecular weight is 281 g/mol. The molecule has 0 unspecified atom stereocenters. The Morgan fingerprint density at radius 1 is 1.30 bits per heavy atom. The summed E-state index contributed by atoms with van der Waals surface area (Å²) in [6, 6.07) is 4.50. The van der Waals surface area contributed by atoms with Gasteiger partial charge in [-0.2, -0.15) is 0 Å². The summed E-state index contributed by atoms with van der Waals surface area (Å²) in [5.74, 6) is -0.847. The normalized spacial score (nSPS) is 9.90. The quantitative estimate of drug-likeness (QED) is 0.465. The molecule has 0 radical (unpaired) electrons. The van der Waals surface area contributed by atoms with Crippen LogP contribution in [0.5, 0.6) is 5.75 Å². The van der Waals surface area contributed by atoms with Crippen LogP contribution in [-0.4, -0.2) is 32.3 Å². The minimum absolute atomic E-state index is 0.198. The summed E-state index contributed by atoms with van der Waals surface area (Å²) in [6.07, 6.45) is 1.74. The van der Waals surface area contributed by atoms with Crippen molar-refractivity contribution in [2.45, 2.75) is 19.8 Å². The van der Waals surface area contributed by atoms with Gasteiger partial charge in [-0.3, -0.25) is 0 Å². The van der Waals surface area contributed by atoms with Crippen molar-refractivity contribution in [1.29, 1.82) is 0 Å². The maximum atomic E-state index is 11.5. The highest BCUT2D eigenvalue weighted by Crippen LogP contribution is 2.22. The van der Waals surface area contributed by atoms with Crippen LogP contribution in [-0.2, 0) is 14.3 Å². The van der Waals surface area contributed by atoms with Crippen molar-refractivity contribution in [2.75, 3.05) is 26.1 Å². The zero-order valence-corrected chi connectivity index (χ0v) is 11.7. The molecule has 0 atom stereocenters. The molecule has 6 heteroatoms. The first kappa shape index (κ1) is 15.8. The molecule has 1 rings (SSSR count). The lowest BCUT2D eigenvalue weighted by molar-refractivity contribution is -0.146. The predicted molar refractivity (Wildman–Crippen MR) is 73.6 cm³/mol. The summed E-state index contributed by atoms with van der Waals surface area (Å²) in [7, 11) is 1.27. The van der Waals surface area contributed by atoms with Gasteiger partial charge in [0.25, 0.3) is 0 Å². The van der Waals surface area contributed by atoms with Crippen LogP contribution in [0.15, 0.2) is 18.2 Å². The summed E-state index contributed by atoms with van der Waals surface area (Å²) in [4.78, 5) is 23.0. The summed E-state index contributed by atoms with van der Waals surface area (Å²) in [5, 5.41) is 0. The van der Waals surface area contributed by atoms with E-state index in [1.165, 1.54) is 19.2 Å². The Bertz CT molecular complexity index is 473. The Labute approximate surface area is 117 Å². The van der Waals surface area contributed by atoms with Crippen LogP contribution >= 0.6 is 0 Å². The lowest BCUT2D eigenvalue weighted by atomic mass is 10.2. The van der Waals surface area contributed by atoms with Crippen molar-refractivity contribution in [3.8, 4) is 5.75 Å². The summed E-state index contributed by atoms with van der Waals surface area (Å²) in [5.41, 5.74) is 6.26. The molecule has 0 bridgehead atoms. The molecule has 0 heterocycles. The fourth-order valence-electron chi connectivity index (χ4n) is 1.45. The number of carbonyl (C=O) groups excluding carboxylic acids is 2. The molecule has 0 aromatic heterocycles. The van der Waals surface area contributed by atoms with Gasteiger partial charge >= 0.3 is 11.9 Å². The van der Waals surface area contributed by atoms with Gasteiger partial charge in [0.05, 0.1) is 13.7 Å². The van der Waals surface area contributed by atoms with Gasteiger partial charge in [-0.05, 0) is 18.6 Å². The van der Waals surface area contributed by atoms with Gasteiger partial charge in [0, 0.05) is 11.8 Å². The first-order chi connectivity index (χ1) is 9.58. The number of anilines is 1. The fourth-order valence-corrected chi connectivity index (χ4v) is 1.45. The number of unbranched alkanes of at least 4 members (excludes halogenated alkanes) is 1. The molecular formula is C14H19NO5. The molecule has 0 saturated carbocycles. The van der Waals surface area contributed by atoms with Gasteiger partial charge in [-0.25, -0.2) is 9.59 Å². The molecule has 20 heavy (non-hydrogen) atoms. The topological polar surface area (TPSA) is 87.9 Å². The monoisotopic (exact) mass is 281 g/mol. The third kappa shape index (κ3) is 4.79. The third-order valence-electron chi connectivity index (χ3n) is 2.52. The van der Waals surface area contributed by atoms with E-state index in [0.717, 1.165) is 12.8 Å². The number of carbonyl (C=O) groups is 2. The molecule has 0 aliphatic carbocycles. The number of benzene rings is 1. The molecule has 0 fully saturated rings. The third-order valence-corrected chi connectivity index (χ3v) is 2.52.